The normalized spacial score (nSPS) is 22.2. The monoisotopic (exact) mass is 298 g/mol. The molecule has 2 atom stereocenters. The molecule has 1 heterocycles. The maximum atomic E-state index is 13.9. The highest BCUT2D eigenvalue weighted by Crippen LogP contribution is 2.23. The van der Waals surface area contributed by atoms with Gasteiger partial charge in [-0.1, -0.05) is 0 Å². The largest absolute Gasteiger partial charge is 0.381 e. The lowest BCUT2D eigenvalue weighted by Gasteiger charge is -2.36. The number of hydrogen-bond acceptors (Lipinski definition) is 3. The van der Waals surface area contributed by atoms with Crippen molar-refractivity contribution in [3.05, 3.63) is 29.3 Å². The van der Waals surface area contributed by atoms with Gasteiger partial charge in [-0.15, -0.1) is 0 Å². The van der Waals surface area contributed by atoms with E-state index in [9.17, 15) is 13.6 Å². The standard InChI is InChI=1S/C15H20F2N2O2/c1-4-18-14-12(16)5-11(6-13(14)17)15(20)19-7-10(3)21-8-9(19)2/h5-6,9-10,18H,4,7-8H2,1-3H3. The smallest absolute Gasteiger partial charge is 0.254 e. The molecule has 0 radical (unpaired) electrons. The first kappa shape index (κ1) is 15.7. The first-order chi connectivity index (χ1) is 9.93. The van der Waals surface area contributed by atoms with Crippen LogP contribution in [0.15, 0.2) is 12.1 Å². The molecule has 1 amide bonds. The summed E-state index contributed by atoms with van der Waals surface area (Å²) < 4.78 is 33.3. The number of amides is 1. The second kappa shape index (κ2) is 6.39. The predicted molar refractivity (Wildman–Crippen MR) is 76.4 cm³/mol. The van der Waals surface area contributed by atoms with Crippen molar-refractivity contribution < 1.29 is 18.3 Å². The van der Waals surface area contributed by atoms with E-state index in [1.807, 2.05) is 13.8 Å². The molecule has 2 rings (SSSR count). The number of hydrogen-bond donors (Lipinski definition) is 1. The molecule has 116 valence electrons. The van der Waals surface area contributed by atoms with Crippen molar-refractivity contribution in [2.45, 2.75) is 32.9 Å². The Labute approximate surface area is 123 Å². The fraction of sp³-hybridized carbons (Fsp3) is 0.533. The second-order valence-electron chi connectivity index (χ2n) is 5.30. The van der Waals surface area contributed by atoms with E-state index in [2.05, 4.69) is 5.32 Å². The molecule has 1 aromatic carbocycles. The third-order valence-corrected chi connectivity index (χ3v) is 3.51. The summed E-state index contributed by atoms with van der Waals surface area (Å²) in [6.45, 7) is 6.70. The Kier molecular flexibility index (Phi) is 4.77. The van der Waals surface area contributed by atoms with Crippen LogP contribution in [0.1, 0.15) is 31.1 Å². The number of ether oxygens (including phenoxy) is 1. The number of anilines is 1. The Morgan fingerprint density at radius 1 is 1.38 bits per heavy atom. The van der Waals surface area contributed by atoms with Crippen LogP contribution in [0.25, 0.3) is 0 Å². The quantitative estimate of drug-likeness (QED) is 0.933. The highest BCUT2D eigenvalue weighted by Gasteiger charge is 2.29. The van der Waals surface area contributed by atoms with Gasteiger partial charge in [0.25, 0.3) is 5.91 Å². The minimum absolute atomic E-state index is 0.0209. The van der Waals surface area contributed by atoms with Gasteiger partial charge in [-0.2, -0.15) is 0 Å². The molecule has 1 N–H and O–H groups in total. The molecule has 1 aliphatic heterocycles. The van der Waals surface area contributed by atoms with Crippen molar-refractivity contribution in [2.75, 3.05) is 25.0 Å². The van der Waals surface area contributed by atoms with Gasteiger partial charge in [0, 0.05) is 18.7 Å². The number of nitrogens with one attached hydrogen (secondary N) is 1. The molecule has 2 unspecified atom stereocenters. The number of nitrogens with zero attached hydrogens (tertiary/aromatic N) is 1. The summed E-state index contributed by atoms with van der Waals surface area (Å²) in [5, 5.41) is 2.61. The van der Waals surface area contributed by atoms with Crippen molar-refractivity contribution >= 4 is 11.6 Å². The molecule has 0 saturated carbocycles. The van der Waals surface area contributed by atoms with Crippen LogP contribution in [-0.2, 0) is 4.74 Å². The van der Waals surface area contributed by atoms with E-state index in [1.54, 1.807) is 11.8 Å². The van der Waals surface area contributed by atoms with E-state index >= 15 is 0 Å². The van der Waals surface area contributed by atoms with E-state index in [4.69, 9.17) is 4.74 Å². The molecule has 1 aromatic rings. The van der Waals surface area contributed by atoms with Crippen LogP contribution in [-0.4, -0.2) is 42.6 Å². The Bertz CT molecular complexity index is 513. The number of carbonyl (C=O) groups is 1. The predicted octanol–water partition coefficient (Wildman–Crippen LogP) is 2.65. The number of halogens is 2. The molecule has 4 nitrogen and oxygen atoms in total. The van der Waals surface area contributed by atoms with Gasteiger partial charge in [-0.3, -0.25) is 4.79 Å². The molecule has 1 saturated heterocycles. The lowest BCUT2D eigenvalue weighted by molar-refractivity contribution is -0.0387. The molecule has 1 aliphatic rings. The van der Waals surface area contributed by atoms with Crippen LogP contribution in [0.3, 0.4) is 0 Å². The van der Waals surface area contributed by atoms with Crippen LogP contribution < -0.4 is 5.32 Å². The SMILES string of the molecule is CCNc1c(F)cc(C(=O)N2CC(C)OCC2C)cc1F. The van der Waals surface area contributed by atoms with Crippen molar-refractivity contribution in [3.63, 3.8) is 0 Å². The topological polar surface area (TPSA) is 41.6 Å². The average molecular weight is 298 g/mol. The zero-order chi connectivity index (χ0) is 15.6. The van der Waals surface area contributed by atoms with Gasteiger partial charge in [0.15, 0.2) is 0 Å². The highest BCUT2D eigenvalue weighted by atomic mass is 19.1. The minimum atomic E-state index is -0.755. The van der Waals surface area contributed by atoms with E-state index in [-0.39, 0.29) is 29.3 Å². The molecular formula is C15H20F2N2O2. The summed E-state index contributed by atoms with van der Waals surface area (Å²) in [6, 6.07) is 2.04. The van der Waals surface area contributed by atoms with E-state index in [0.717, 1.165) is 12.1 Å². The van der Waals surface area contributed by atoms with Gasteiger partial charge in [0.05, 0.1) is 18.8 Å². The van der Waals surface area contributed by atoms with Gasteiger partial charge < -0.3 is 15.0 Å². The van der Waals surface area contributed by atoms with Crippen LogP contribution >= 0.6 is 0 Å². The van der Waals surface area contributed by atoms with E-state index in [0.29, 0.717) is 19.7 Å². The zero-order valence-electron chi connectivity index (χ0n) is 12.5. The van der Waals surface area contributed by atoms with Gasteiger partial charge in [-0.05, 0) is 32.9 Å². The van der Waals surface area contributed by atoms with Crippen LogP contribution in [0.5, 0.6) is 0 Å². The minimum Gasteiger partial charge on any atom is -0.381 e. The van der Waals surface area contributed by atoms with Gasteiger partial charge in [0.2, 0.25) is 0 Å². The molecule has 1 fully saturated rings. The summed E-state index contributed by atoms with van der Waals surface area (Å²) in [6.07, 6.45) is -0.0825. The summed E-state index contributed by atoms with van der Waals surface area (Å²) in [7, 11) is 0. The summed E-state index contributed by atoms with van der Waals surface area (Å²) >= 11 is 0. The molecule has 0 aromatic heterocycles. The molecule has 0 spiro atoms. The Morgan fingerprint density at radius 2 is 2.00 bits per heavy atom. The number of carbonyl (C=O) groups excluding carboxylic acids is 1. The second-order valence-corrected chi connectivity index (χ2v) is 5.30. The van der Waals surface area contributed by atoms with Crippen molar-refractivity contribution in [2.24, 2.45) is 0 Å². The van der Waals surface area contributed by atoms with Crippen LogP contribution in [0.4, 0.5) is 14.5 Å². The van der Waals surface area contributed by atoms with E-state index in [1.165, 1.54) is 0 Å². The van der Waals surface area contributed by atoms with Crippen molar-refractivity contribution in [1.82, 2.24) is 4.90 Å². The first-order valence-corrected chi connectivity index (χ1v) is 7.09. The van der Waals surface area contributed by atoms with Gasteiger partial charge in [-0.25, -0.2) is 8.78 Å². The molecule has 6 heteroatoms. The van der Waals surface area contributed by atoms with Gasteiger partial charge in [0.1, 0.15) is 17.3 Å². The molecule has 21 heavy (non-hydrogen) atoms. The first-order valence-electron chi connectivity index (χ1n) is 7.09. The highest BCUT2D eigenvalue weighted by molar-refractivity contribution is 5.95. The maximum Gasteiger partial charge on any atom is 0.254 e. The van der Waals surface area contributed by atoms with Crippen molar-refractivity contribution in [3.8, 4) is 0 Å². The molecule has 0 aliphatic carbocycles. The third-order valence-electron chi connectivity index (χ3n) is 3.51. The molecular weight excluding hydrogens is 278 g/mol. The average Bonchev–Trinajstić information content (AvgIpc) is 2.44. The summed E-state index contributed by atoms with van der Waals surface area (Å²) in [5.41, 5.74) is -0.176. The fourth-order valence-corrected chi connectivity index (χ4v) is 2.39. The Hall–Kier alpha value is -1.69. The van der Waals surface area contributed by atoms with Crippen molar-refractivity contribution in [1.29, 1.82) is 0 Å². The fourth-order valence-electron chi connectivity index (χ4n) is 2.39. The Balaban J connectivity index is 2.27. The maximum absolute atomic E-state index is 13.9. The van der Waals surface area contributed by atoms with Crippen LogP contribution in [0, 0.1) is 11.6 Å². The number of rotatable bonds is 3. The lowest BCUT2D eigenvalue weighted by atomic mass is 10.1. The van der Waals surface area contributed by atoms with E-state index < -0.39 is 11.6 Å². The number of benzene rings is 1. The third kappa shape index (κ3) is 3.32. The van der Waals surface area contributed by atoms with Crippen LogP contribution in [0.2, 0.25) is 0 Å². The zero-order valence-corrected chi connectivity index (χ0v) is 12.5. The Morgan fingerprint density at radius 3 is 2.57 bits per heavy atom. The van der Waals surface area contributed by atoms with Gasteiger partial charge >= 0.3 is 0 Å². The molecule has 0 bridgehead atoms. The summed E-state index contributed by atoms with van der Waals surface area (Å²) in [5.74, 6) is -1.89. The summed E-state index contributed by atoms with van der Waals surface area (Å²) in [4.78, 5) is 14.0. The lowest BCUT2D eigenvalue weighted by Crippen LogP contribution is -2.50. The number of morpholine rings is 1.